The molecule has 0 saturated heterocycles. The molecule has 0 bridgehead atoms. The summed E-state index contributed by atoms with van der Waals surface area (Å²) in [5.74, 6) is 1.36. The van der Waals surface area contributed by atoms with Crippen molar-refractivity contribution < 1.29 is 23.7 Å². The van der Waals surface area contributed by atoms with Crippen LogP contribution in [0, 0.1) is 0 Å². The summed E-state index contributed by atoms with van der Waals surface area (Å²) in [7, 11) is 1.57. The summed E-state index contributed by atoms with van der Waals surface area (Å²) in [5, 5.41) is 0. The van der Waals surface area contributed by atoms with E-state index in [1.54, 1.807) is 49.8 Å². The molecule has 0 saturated carbocycles. The number of esters is 1. The topological polar surface area (TPSA) is 88.4 Å². The van der Waals surface area contributed by atoms with E-state index in [0.29, 0.717) is 51.1 Å². The van der Waals surface area contributed by atoms with E-state index in [9.17, 15) is 9.59 Å². The van der Waals surface area contributed by atoms with Crippen LogP contribution in [0.15, 0.2) is 76.2 Å². The highest BCUT2D eigenvalue weighted by Gasteiger charge is 2.33. The Balaban J connectivity index is 1.86. The summed E-state index contributed by atoms with van der Waals surface area (Å²) in [5.41, 5.74) is 2.10. The maximum atomic E-state index is 13.8. The Hall–Kier alpha value is -4.11. The molecular formula is C29H30N2O6S. The molecule has 2 aromatic carbocycles. The second-order valence-electron chi connectivity index (χ2n) is 8.31. The zero-order valence-corrected chi connectivity index (χ0v) is 22.7. The number of fused-ring (bicyclic) bond motifs is 1. The van der Waals surface area contributed by atoms with Crippen LogP contribution in [-0.2, 0) is 9.53 Å². The molecule has 3 aromatic rings. The first-order valence-electron chi connectivity index (χ1n) is 12.3. The third kappa shape index (κ3) is 5.43. The van der Waals surface area contributed by atoms with Crippen molar-refractivity contribution in [3.05, 3.63) is 97.2 Å². The molecule has 4 rings (SSSR count). The average molecular weight is 535 g/mol. The van der Waals surface area contributed by atoms with Gasteiger partial charge in [-0.15, -0.1) is 0 Å². The molecule has 1 aliphatic rings. The van der Waals surface area contributed by atoms with Crippen molar-refractivity contribution in [2.75, 3.05) is 26.9 Å². The minimum atomic E-state index is -0.698. The summed E-state index contributed by atoms with van der Waals surface area (Å²) in [4.78, 5) is 32.0. The first-order chi connectivity index (χ1) is 18.4. The number of hydrogen-bond acceptors (Lipinski definition) is 8. The highest BCUT2D eigenvalue weighted by molar-refractivity contribution is 7.07. The second kappa shape index (κ2) is 12.0. The van der Waals surface area contributed by atoms with Gasteiger partial charge in [-0.2, -0.15) is 0 Å². The van der Waals surface area contributed by atoms with Gasteiger partial charge in [0.2, 0.25) is 0 Å². The van der Waals surface area contributed by atoms with Crippen LogP contribution >= 0.6 is 11.3 Å². The molecule has 9 heteroatoms. The summed E-state index contributed by atoms with van der Waals surface area (Å²) < 4.78 is 24.1. The van der Waals surface area contributed by atoms with Gasteiger partial charge in [0.1, 0.15) is 12.4 Å². The number of carbonyl (C=O) groups is 1. The van der Waals surface area contributed by atoms with Crippen LogP contribution in [0.5, 0.6) is 17.2 Å². The van der Waals surface area contributed by atoms with Crippen LogP contribution in [0.2, 0.25) is 0 Å². The molecule has 0 spiro atoms. The van der Waals surface area contributed by atoms with Crippen molar-refractivity contribution >= 4 is 23.4 Å². The number of rotatable bonds is 10. The van der Waals surface area contributed by atoms with E-state index in [1.807, 2.05) is 37.3 Å². The third-order valence-corrected chi connectivity index (χ3v) is 6.85. The highest BCUT2D eigenvalue weighted by atomic mass is 32.1. The lowest BCUT2D eigenvalue weighted by Crippen LogP contribution is -2.39. The fourth-order valence-electron chi connectivity index (χ4n) is 4.21. The van der Waals surface area contributed by atoms with Crippen LogP contribution < -0.4 is 29.1 Å². The Morgan fingerprint density at radius 1 is 1.11 bits per heavy atom. The van der Waals surface area contributed by atoms with Crippen molar-refractivity contribution in [1.29, 1.82) is 0 Å². The Kier molecular flexibility index (Phi) is 8.48. The number of carbonyl (C=O) groups excluding carboxylic acids is 1. The molecule has 1 atom stereocenters. The maximum Gasteiger partial charge on any atom is 0.338 e. The minimum absolute atomic E-state index is 0.209. The average Bonchev–Trinajstić information content (AvgIpc) is 3.22. The van der Waals surface area contributed by atoms with Crippen molar-refractivity contribution in [2.24, 2.45) is 4.99 Å². The molecule has 0 amide bonds. The van der Waals surface area contributed by atoms with Gasteiger partial charge in [0.25, 0.3) is 5.56 Å². The van der Waals surface area contributed by atoms with Crippen molar-refractivity contribution in [3.63, 3.8) is 0 Å². The quantitative estimate of drug-likeness (QED) is 0.291. The number of nitrogens with zero attached hydrogens (tertiary/aromatic N) is 2. The predicted octanol–water partition coefficient (Wildman–Crippen LogP) is 3.77. The van der Waals surface area contributed by atoms with Gasteiger partial charge in [-0.25, -0.2) is 9.79 Å². The summed E-state index contributed by atoms with van der Waals surface area (Å²) in [6.45, 7) is 10.2. The lowest BCUT2D eigenvalue weighted by molar-refractivity contribution is -0.139. The number of ether oxygens (including phenoxy) is 4. The molecule has 1 aliphatic heterocycles. The number of methoxy groups -OCH3 is 1. The van der Waals surface area contributed by atoms with E-state index in [0.717, 1.165) is 11.1 Å². The van der Waals surface area contributed by atoms with Crippen LogP contribution in [-0.4, -0.2) is 37.5 Å². The highest BCUT2D eigenvalue weighted by Crippen LogP contribution is 2.32. The zero-order valence-electron chi connectivity index (χ0n) is 21.9. The smallest absolute Gasteiger partial charge is 0.338 e. The van der Waals surface area contributed by atoms with Crippen LogP contribution in [0.3, 0.4) is 0 Å². The summed E-state index contributed by atoms with van der Waals surface area (Å²) in [6.07, 6.45) is 3.45. The molecule has 0 fully saturated rings. The number of allylic oxidation sites excluding steroid dienone is 1. The molecular weight excluding hydrogens is 504 g/mol. The Morgan fingerprint density at radius 3 is 2.53 bits per heavy atom. The molecule has 0 aliphatic carbocycles. The fourth-order valence-corrected chi connectivity index (χ4v) is 5.26. The second-order valence-corrected chi connectivity index (χ2v) is 9.32. The molecule has 38 heavy (non-hydrogen) atoms. The number of hydrogen-bond donors (Lipinski definition) is 0. The Morgan fingerprint density at radius 2 is 1.87 bits per heavy atom. The normalized spacial score (nSPS) is 14.9. The van der Waals surface area contributed by atoms with Crippen molar-refractivity contribution in [1.82, 2.24) is 4.57 Å². The molecule has 0 N–H and O–H groups in total. The molecule has 1 aromatic heterocycles. The molecule has 198 valence electrons. The molecule has 8 nitrogen and oxygen atoms in total. The molecule has 0 unspecified atom stereocenters. The summed E-state index contributed by atoms with van der Waals surface area (Å²) >= 11 is 1.26. The van der Waals surface area contributed by atoms with Crippen molar-refractivity contribution in [2.45, 2.75) is 26.8 Å². The molecule has 2 heterocycles. The lowest BCUT2D eigenvalue weighted by Gasteiger charge is -2.24. The standard InChI is InChI=1S/C29H30N2O6S/c1-6-15-37-21-12-10-20(11-13-21)26-25(28(33)36-8-3)18(4)30-29-31(26)27(32)24(38-29)17-19-9-14-22(35-7-2)23(16-19)34-5/h6,9-14,16-17,26H,1,7-8,15H2,2-5H3/b24-17-/t26-/m0/s1. The predicted molar refractivity (Wildman–Crippen MR) is 147 cm³/mol. The fraction of sp³-hybridized carbons (Fsp3) is 0.276. The van der Waals surface area contributed by atoms with E-state index in [-0.39, 0.29) is 12.2 Å². The van der Waals surface area contributed by atoms with E-state index in [4.69, 9.17) is 18.9 Å². The van der Waals surface area contributed by atoms with Crippen LogP contribution in [0.25, 0.3) is 6.08 Å². The first kappa shape index (κ1) is 26.9. The van der Waals surface area contributed by atoms with Gasteiger partial charge < -0.3 is 18.9 Å². The van der Waals surface area contributed by atoms with E-state index < -0.39 is 12.0 Å². The largest absolute Gasteiger partial charge is 0.493 e. The number of thiazole rings is 1. The third-order valence-electron chi connectivity index (χ3n) is 5.87. The number of benzene rings is 2. The lowest BCUT2D eigenvalue weighted by atomic mass is 9.96. The zero-order chi connectivity index (χ0) is 27.2. The van der Waals surface area contributed by atoms with Gasteiger partial charge in [0, 0.05) is 0 Å². The Labute approximate surface area is 224 Å². The van der Waals surface area contributed by atoms with Crippen molar-refractivity contribution in [3.8, 4) is 17.2 Å². The van der Waals surface area contributed by atoms with Gasteiger partial charge in [0.05, 0.1) is 42.2 Å². The first-order valence-corrected chi connectivity index (χ1v) is 13.1. The summed E-state index contributed by atoms with van der Waals surface area (Å²) in [6, 6.07) is 12.1. The van der Waals surface area contributed by atoms with Gasteiger partial charge >= 0.3 is 5.97 Å². The minimum Gasteiger partial charge on any atom is -0.493 e. The maximum absolute atomic E-state index is 13.8. The SMILES string of the molecule is C=CCOc1ccc([C@H]2C(C(=O)OCC)=C(C)N=c3s/c(=C\c4ccc(OCC)c(OC)c4)c(=O)n32)cc1. The van der Waals surface area contributed by atoms with Gasteiger partial charge in [-0.3, -0.25) is 9.36 Å². The van der Waals surface area contributed by atoms with Crippen LogP contribution in [0.4, 0.5) is 0 Å². The van der Waals surface area contributed by atoms with E-state index >= 15 is 0 Å². The molecule has 0 radical (unpaired) electrons. The van der Waals surface area contributed by atoms with E-state index in [2.05, 4.69) is 11.6 Å². The Bertz CT molecular complexity index is 1550. The van der Waals surface area contributed by atoms with Gasteiger partial charge in [-0.1, -0.05) is 42.2 Å². The van der Waals surface area contributed by atoms with Crippen LogP contribution in [0.1, 0.15) is 37.9 Å². The van der Waals surface area contributed by atoms with E-state index in [1.165, 1.54) is 11.3 Å². The monoisotopic (exact) mass is 534 g/mol. The van der Waals surface area contributed by atoms with Gasteiger partial charge in [0.15, 0.2) is 16.3 Å². The van der Waals surface area contributed by atoms with Gasteiger partial charge in [-0.05, 0) is 62.2 Å². The number of aromatic nitrogens is 1.